The second kappa shape index (κ2) is 56.8. The molecule has 6 amide bonds. The number of fused-ring (bicyclic) bond motifs is 6. The van der Waals surface area contributed by atoms with Crippen molar-refractivity contribution in [1.82, 2.24) is 16.0 Å². The van der Waals surface area contributed by atoms with Gasteiger partial charge in [-0.25, -0.2) is 14.4 Å². The van der Waals surface area contributed by atoms with Crippen LogP contribution in [0.5, 0.6) is 0 Å². The molecule has 12 N–H and O–H groups in total. The number of carbonyl (C=O) groups is 12. The zero-order valence-corrected chi connectivity index (χ0v) is 82.1. The molecule has 127 heavy (non-hydrogen) atoms. The van der Waals surface area contributed by atoms with Crippen LogP contribution in [-0.4, -0.2) is 277 Å². The van der Waals surface area contributed by atoms with E-state index in [9.17, 15) is 72.9 Å². The van der Waals surface area contributed by atoms with Crippen molar-refractivity contribution in [3.63, 3.8) is 0 Å². The number of aliphatic hydroxyl groups excluding tert-OH is 3. The van der Waals surface area contributed by atoms with Crippen LogP contribution in [0.25, 0.3) is 0 Å². The van der Waals surface area contributed by atoms with E-state index in [0.29, 0.717) is 65.5 Å². The molecule has 6 bridgehead atoms. The number of rotatable bonds is 11. The van der Waals surface area contributed by atoms with Crippen molar-refractivity contribution in [2.75, 3.05) is 56.9 Å². The molecule has 694 valence electrons. The number of Topliss-reactive ketones (excluding diaryl/α,β-unsaturated/α-hetero) is 3. The predicted molar refractivity (Wildman–Crippen MR) is 468 cm³/mol. The van der Waals surface area contributed by atoms with Crippen LogP contribution in [-0.2, 0) is 114 Å². The number of primary amides is 3. The minimum atomic E-state index is -2.95. The van der Waals surface area contributed by atoms with Gasteiger partial charge in [0.1, 0.15) is 12.2 Å². The Hall–Kier alpha value is -8.52. The van der Waals surface area contributed by atoms with Crippen molar-refractivity contribution in [2.45, 2.75) is 215 Å². The number of carbonyl (C=O) groups excluding carboxylic acids is 12. The number of hydrogen-bond acceptors (Lipinski definition) is 30. The first kappa shape index (κ1) is 115. The fourth-order valence-corrected chi connectivity index (χ4v) is 14.6. The summed E-state index contributed by atoms with van der Waals surface area (Å²) in [6.45, 7) is 22.6. The van der Waals surface area contributed by atoms with E-state index in [1.165, 1.54) is 120 Å². The quantitative estimate of drug-likeness (QED) is 0.0513. The predicted octanol–water partition coefficient (Wildman–Crippen LogP) is 5.76. The van der Waals surface area contributed by atoms with Gasteiger partial charge in [-0.15, -0.1) is 0 Å². The second-order valence-electron chi connectivity index (χ2n) is 31.1. The van der Waals surface area contributed by atoms with Crippen LogP contribution in [0.15, 0.2) is 163 Å². The van der Waals surface area contributed by atoms with Crippen molar-refractivity contribution < 1.29 is 142 Å². The molecule has 0 aromatic carbocycles. The molecule has 40 heteroatoms. The summed E-state index contributed by atoms with van der Waals surface area (Å²) in [5, 5.41) is 41.1. The van der Waals surface area contributed by atoms with E-state index in [1.807, 2.05) is 34.6 Å². The number of allylic oxidation sites excluding steroid dienone is 12. The molecule has 6 rings (SSSR count). The van der Waals surface area contributed by atoms with Gasteiger partial charge in [0.2, 0.25) is 28.9 Å². The number of hydrogen-bond donors (Lipinski definition) is 9. The first-order chi connectivity index (χ1) is 59.6. The SMILES string of the molecule is COC1=C2C[C@@H](C)C[C@H](OC)[C@@H](O)[C@@H](C)/C=C(\C)[C@H](OC(N)=O)[C@@H](OC)/C=C\C=C(/C)C(=O)NC(=CC1=O)C2=O.COC1=C2C[C@@H](C)C[C@H](OC)[C@H](O)[C@@H](C)/C=C(\C)[C@H](OC(N)=O)[C@@H](OC)CC/C=C(\C)C(=O)NC(=CC1=O)C2=O.CO[C@H]1/C=C\C=C(/C)C(=O)NC2=CC(=O)C(C)=C(C[C@@H](C)C[C@H](OC)[C@H](O)[C@@H](C)/C=C(\C)[C@@H]1OC(N)=O)C2=O.O=S(=O)=S(=O)=O.[Na][Na]. The molecule has 36 nitrogen and oxygen atoms in total. The first-order valence-electron chi connectivity index (χ1n) is 40.9. The van der Waals surface area contributed by atoms with Crippen LogP contribution in [0.3, 0.4) is 0 Å². The van der Waals surface area contributed by atoms with Gasteiger partial charge in [-0.05, 0) is 134 Å². The van der Waals surface area contributed by atoms with Crippen LogP contribution in [0.4, 0.5) is 14.4 Å². The fourth-order valence-electron chi connectivity index (χ4n) is 14.6. The summed E-state index contributed by atoms with van der Waals surface area (Å²) in [7, 11) is 5.52. The summed E-state index contributed by atoms with van der Waals surface area (Å²) in [4.78, 5) is 152. The minimum absolute atomic E-state index is 0.0689. The van der Waals surface area contributed by atoms with Gasteiger partial charge in [0.25, 0.3) is 17.7 Å². The van der Waals surface area contributed by atoms with E-state index >= 15 is 0 Å². The average Bonchev–Trinajstić information content (AvgIpc) is 1.07. The third-order valence-electron chi connectivity index (χ3n) is 21.4. The fraction of sp³-hybridized carbons (Fsp3) is 0.540. The molecule has 0 spiro atoms. The first-order valence-corrected chi connectivity index (χ1v) is 51.6. The maximum atomic E-state index is 13.3. The monoisotopic (exact) mass is 1840 g/mol. The Morgan fingerprint density at radius 1 is 0.417 bits per heavy atom. The summed E-state index contributed by atoms with van der Waals surface area (Å²) >= 11 is 2.89. The van der Waals surface area contributed by atoms with Crippen LogP contribution in [0.1, 0.15) is 141 Å². The van der Waals surface area contributed by atoms with Crippen molar-refractivity contribution in [2.24, 2.45) is 52.7 Å². The van der Waals surface area contributed by atoms with Gasteiger partial charge in [0, 0.05) is 118 Å². The number of ether oxygens (including phenoxy) is 11. The Bertz CT molecular complexity index is 4710. The molecule has 0 saturated heterocycles. The van der Waals surface area contributed by atoms with Crippen LogP contribution < -0.4 is 33.2 Å². The Balaban J connectivity index is 0.000000617. The van der Waals surface area contributed by atoms with E-state index in [-0.39, 0.29) is 93.7 Å². The van der Waals surface area contributed by atoms with E-state index in [0.717, 1.165) is 18.2 Å². The van der Waals surface area contributed by atoms with Crippen molar-refractivity contribution in [3.8, 4) is 0 Å². The number of nitrogens with one attached hydrogen (secondary N) is 3. The number of amides is 6. The Labute approximate surface area is 772 Å². The van der Waals surface area contributed by atoms with Crippen LogP contribution in [0.2, 0.25) is 0 Å². The van der Waals surface area contributed by atoms with Gasteiger partial charge in [-0.2, -0.15) is 16.8 Å². The van der Waals surface area contributed by atoms with Crippen molar-refractivity contribution >= 4 is 133 Å². The molecule has 0 radical (unpaired) electrons. The molecule has 0 aromatic heterocycles. The molecule has 6 aliphatic rings. The van der Waals surface area contributed by atoms with E-state index in [1.54, 1.807) is 97.1 Å². The van der Waals surface area contributed by atoms with Crippen molar-refractivity contribution in [3.05, 3.63) is 163 Å². The van der Waals surface area contributed by atoms with Crippen molar-refractivity contribution in [1.29, 1.82) is 0 Å². The van der Waals surface area contributed by atoms with Gasteiger partial charge in [-0.1, -0.05) is 102 Å². The number of methoxy groups -OCH3 is 8. The summed E-state index contributed by atoms with van der Waals surface area (Å²) in [6.07, 6.45) is 9.48. The summed E-state index contributed by atoms with van der Waals surface area (Å²) in [6, 6.07) is 0. The molecule has 0 unspecified atom stereocenters. The molecule has 0 saturated carbocycles. The van der Waals surface area contributed by atoms with E-state index in [4.69, 9.17) is 86.1 Å². The maximum absolute atomic E-state index is 13.3. The third-order valence-corrected chi connectivity index (χ3v) is 22.3. The molecule has 3 aliphatic carbocycles. The second-order valence-corrected chi connectivity index (χ2v) is 33.5. The number of ketones is 6. The van der Waals surface area contributed by atoms with Gasteiger partial charge in [-0.3, -0.25) is 43.2 Å². The summed E-state index contributed by atoms with van der Waals surface area (Å²) < 4.78 is 96.5. The zero-order valence-electron chi connectivity index (χ0n) is 76.5. The van der Waals surface area contributed by atoms with E-state index in [2.05, 4.69) is 16.0 Å². The molecule has 0 aromatic rings. The van der Waals surface area contributed by atoms with E-state index < -0.39 is 174 Å². The Morgan fingerprint density at radius 2 is 0.709 bits per heavy atom. The Kier molecular flexibility index (Phi) is 51.3. The topological polar surface area (TPSA) is 549 Å². The van der Waals surface area contributed by atoms with Gasteiger partial charge < -0.3 is 101 Å². The standard InChI is InChI=1S/C29H42N2O9.C29H40N2O9.C29H40N2O8.2Na.O4S2/c2*1-15-11-19-25(34)20(14-21(32)27(19)39-7)31-28(35)16(2)9-8-10-22(37-5)26(40-29(30)36)18(4)13-17(3)24(33)23(12-15)38-6;1-15-11-20-19(5)22(32)14-21(26(20)34)31-28(35)16(2)9-8-10-23(37-6)27(39-29(30)36)18(4)13-17(3)25(33)24(12-15)38-7;;;1-5(2)6(3)4/h9,13-15,17,22-24,26,33H,8,10-12H2,1-7H3,(H2,30,36)(H,31,35);8-10,13-15,17,22-24,26,33H,11-12H2,1-7H3,(H2,30,36)(H,31,35);8-10,13-15,17,23-25,27,33H,11-12H2,1-7H3,(H2,30,36)(H,31,35);;;/b16-9+,18-13+;2*10-8-,16-9+,18-13+;;;/t15-,17+,22+,23+,24-,26+;15-,17+,22+,23+,24+,26+;15-,17+,23+,24+,25-,27+;;;/m111.../s1. The van der Waals surface area contributed by atoms with Gasteiger partial charge >= 0.3 is 80.4 Å². The zero-order chi connectivity index (χ0) is 96.9. The third kappa shape index (κ3) is 35.7. The molecule has 3 aliphatic heterocycles. The molecule has 18 atom stereocenters. The normalized spacial score (nSPS) is 31.1. The molecular formula is C87H122N6Na2O30S2. The number of nitrogens with two attached hydrogens (primary N) is 3. The summed E-state index contributed by atoms with van der Waals surface area (Å²) in [5.74, 6) is -6.52. The molecular weight excluding hydrogens is 1720 g/mol. The number of aliphatic hydroxyl groups is 3. The molecule has 0 fully saturated rings. The summed E-state index contributed by atoms with van der Waals surface area (Å²) in [5.41, 5.74) is 19.2. The molecule has 3 heterocycles. The average molecular weight is 1840 g/mol. The van der Waals surface area contributed by atoms with Crippen LogP contribution >= 0.6 is 0 Å². The van der Waals surface area contributed by atoms with Crippen LogP contribution in [0, 0.1) is 35.5 Å². The van der Waals surface area contributed by atoms with Gasteiger partial charge in [0.05, 0.1) is 74.0 Å². The Morgan fingerprint density at radius 3 is 1.01 bits per heavy atom. The van der Waals surface area contributed by atoms with Gasteiger partial charge in [0.15, 0.2) is 35.6 Å².